The second-order valence-electron chi connectivity index (χ2n) is 4.43. The summed E-state index contributed by atoms with van der Waals surface area (Å²) in [4.78, 5) is 11.8. The van der Waals surface area contributed by atoms with Gasteiger partial charge in [-0.3, -0.25) is 4.79 Å². The summed E-state index contributed by atoms with van der Waals surface area (Å²) in [5.74, 6) is -0.0970. The highest BCUT2D eigenvalue weighted by Crippen LogP contribution is 2.13. The van der Waals surface area contributed by atoms with Gasteiger partial charge in [0.1, 0.15) is 5.52 Å². The Morgan fingerprint density at radius 2 is 2.28 bits per heavy atom. The van der Waals surface area contributed by atoms with E-state index in [-0.39, 0.29) is 11.9 Å². The fourth-order valence-corrected chi connectivity index (χ4v) is 1.75. The van der Waals surface area contributed by atoms with Crippen LogP contribution in [0.15, 0.2) is 18.2 Å². The molecule has 0 fully saturated rings. The molecule has 0 aliphatic carbocycles. The summed E-state index contributed by atoms with van der Waals surface area (Å²) in [6.07, 6.45) is 0. The predicted octanol–water partition coefficient (Wildman–Crippen LogP) is 0.528. The Morgan fingerprint density at radius 1 is 1.50 bits per heavy atom. The summed E-state index contributed by atoms with van der Waals surface area (Å²) in [5, 5.41) is 10.9. The minimum atomic E-state index is -0.0970. The number of rotatable bonds is 4. The number of hydrogen-bond acceptors (Lipinski definition) is 4. The predicted molar refractivity (Wildman–Crippen MR) is 69.2 cm³/mol. The van der Waals surface area contributed by atoms with Crippen molar-refractivity contribution in [3.05, 3.63) is 23.8 Å². The second-order valence-corrected chi connectivity index (χ2v) is 4.43. The Kier molecular flexibility index (Phi) is 3.57. The van der Waals surface area contributed by atoms with Gasteiger partial charge in [-0.1, -0.05) is 5.21 Å². The fourth-order valence-electron chi connectivity index (χ4n) is 1.75. The van der Waals surface area contributed by atoms with Gasteiger partial charge >= 0.3 is 0 Å². The van der Waals surface area contributed by atoms with E-state index in [4.69, 9.17) is 5.73 Å². The minimum absolute atomic E-state index is 0.0970. The topological polar surface area (TPSA) is 85.8 Å². The minimum Gasteiger partial charge on any atom is -0.350 e. The molecule has 0 atom stereocenters. The Hall–Kier alpha value is -1.95. The molecule has 0 aliphatic rings. The third-order valence-corrected chi connectivity index (χ3v) is 2.54. The summed E-state index contributed by atoms with van der Waals surface area (Å²) in [5.41, 5.74) is 7.68. The number of hydrogen-bond donors (Lipinski definition) is 2. The molecule has 0 radical (unpaired) electrons. The lowest BCUT2D eigenvalue weighted by atomic mass is 10.2. The van der Waals surface area contributed by atoms with E-state index in [1.54, 1.807) is 16.8 Å². The maximum atomic E-state index is 11.8. The molecule has 1 aromatic carbocycles. The van der Waals surface area contributed by atoms with Gasteiger partial charge in [-0.25, -0.2) is 4.68 Å². The van der Waals surface area contributed by atoms with Gasteiger partial charge < -0.3 is 11.1 Å². The number of carbonyl (C=O) groups is 1. The summed E-state index contributed by atoms with van der Waals surface area (Å²) < 4.78 is 1.74. The van der Waals surface area contributed by atoms with E-state index < -0.39 is 0 Å². The first-order valence-electron chi connectivity index (χ1n) is 5.96. The molecular formula is C12H17N5O. The van der Waals surface area contributed by atoms with Gasteiger partial charge in [-0.05, 0) is 32.0 Å². The summed E-state index contributed by atoms with van der Waals surface area (Å²) in [6, 6.07) is 5.48. The summed E-state index contributed by atoms with van der Waals surface area (Å²) in [7, 11) is 0. The highest BCUT2D eigenvalue weighted by atomic mass is 16.1. The van der Waals surface area contributed by atoms with Crippen molar-refractivity contribution < 1.29 is 4.79 Å². The molecular weight excluding hydrogens is 230 g/mol. The highest BCUT2D eigenvalue weighted by Gasteiger charge is 2.10. The van der Waals surface area contributed by atoms with Crippen LogP contribution in [0.2, 0.25) is 0 Å². The molecule has 1 heterocycles. The molecule has 0 bridgehead atoms. The first-order valence-corrected chi connectivity index (χ1v) is 5.96. The number of nitrogens with zero attached hydrogens (tertiary/aromatic N) is 3. The van der Waals surface area contributed by atoms with Crippen LogP contribution in [0, 0.1) is 0 Å². The molecule has 3 N–H and O–H groups in total. The molecule has 1 aromatic heterocycles. The van der Waals surface area contributed by atoms with Gasteiger partial charge in [0.2, 0.25) is 0 Å². The van der Waals surface area contributed by atoms with E-state index in [2.05, 4.69) is 15.6 Å². The number of nitrogens with two attached hydrogens (primary N) is 1. The Balaban J connectivity index is 2.31. The second kappa shape index (κ2) is 5.14. The van der Waals surface area contributed by atoms with Crippen LogP contribution in [0.5, 0.6) is 0 Å². The van der Waals surface area contributed by atoms with Crippen LogP contribution in [-0.4, -0.2) is 33.5 Å². The molecule has 6 nitrogen and oxygen atoms in total. The molecule has 2 aromatic rings. The van der Waals surface area contributed by atoms with E-state index in [9.17, 15) is 4.79 Å². The molecule has 2 rings (SSSR count). The molecule has 0 saturated carbocycles. The Morgan fingerprint density at radius 3 is 2.94 bits per heavy atom. The molecule has 96 valence electrons. The van der Waals surface area contributed by atoms with Crippen molar-refractivity contribution in [2.45, 2.75) is 26.4 Å². The third kappa shape index (κ3) is 2.48. The number of carbonyl (C=O) groups excluding carboxylic acids is 1. The molecule has 0 unspecified atom stereocenters. The maximum absolute atomic E-state index is 11.8. The van der Waals surface area contributed by atoms with E-state index in [1.807, 2.05) is 19.9 Å². The monoisotopic (exact) mass is 247 g/mol. The first kappa shape index (κ1) is 12.5. The lowest BCUT2D eigenvalue weighted by Gasteiger charge is -2.08. The molecule has 0 saturated heterocycles. The van der Waals surface area contributed by atoms with Crippen molar-refractivity contribution in [1.82, 2.24) is 20.3 Å². The van der Waals surface area contributed by atoms with Gasteiger partial charge in [-0.15, -0.1) is 5.10 Å². The van der Waals surface area contributed by atoms with Crippen molar-refractivity contribution in [3.63, 3.8) is 0 Å². The molecule has 18 heavy (non-hydrogen) atoms. The molecule has 0 aliphatic heterocycles. The lowest BCUT2D eigenvalue weighted by Crippen LogP contribution is -2.29. The molecule has 1 amide bonds. The van der Waals surface area contributed by atoms with E-state index >= 15 is 0 Å². The number of amides is 1. The van der Waals surface area contributed by atoms with Gasteiger partial charge in [0.25, 0.3) is 5.91 Å². The van der Waals surface area contributed by atoms with Crippen molar-refractivity contribution in [2.24, 2.45) is 5.73 Å². The zero-order valence-electron chi connectivity index (χ0n) is 10.6. The normalized spacial score (nSPS) is 11.1. The van der Waals surface area contributed by atoms with Crippen LogP contribution in [0.4, 0.5) is 0 Å². The average Bonchev–Trinajstić information content (AvgIpc) is 2.71. The van der Waals surface area contributed by atoms with Gasteiger partial charge in [0.05, 0.1) is 12.1 Å². The first-order chi connectivity index (χ1) is 8.61. The number of fused-ring (bicyclic) bond motifs is 1. The van der Waals surface area contributed by atoms with Gasteiger partial charge in [-0.2, -0.15) is 0 Å². The maximum Gasteiger partial charge on any atom is 0.251 e. The average molecular weight is 247 g/mol. The Labute approximate surface area is 105 Å². The number of nitrogens with one attached hydrogen (secondary N) is 1. The lowest BCUT2D eigenvalue weighted by molar-refractivity contribution is 0.0943. The highest BCUT2D eigenvalue weighted by molar-refractivity contribution is 5.97. The van der Waals surface area contributed by atoms with Crippen molar-refractivity contribution in [1.29, 1.82) is 0 Å². The fraction of sp³-hybridized carbons (Fsp3) is 0.417. The smallest absolute Gasteiger partial charge is 0.251 e. The van der Waals surface area contributed by atoms with Crippen LogP contribution in [0.3, 0.4) is 0 Å². The molecule has 6 heteroatoms. The zero-order chi connectivity index (χ0) is 13.1. The van der Waals surface area contributed by atoms with Crippen molar-refractivity contribution >= 4 is 16.9 Å². The SMILES string of the molecule is CC(C)NC(=O)c1ccc2c(c1)nnn2CCN. The van der Waals surface area contributed by atoms with E-state index in [0.29, 0.717) is 24.2 Å². The van der Waals surface area contributed by atoms with E-state index in [0.717, 1.165) is 5.52 Å². The van der Waals surface area contributed by atoms with Gasteiger partial charge in [0, 0.05) is 18.2 Å². The van der Waals surface area contributed by atoms with Crippen LogP contribution >= 0.6 is 0 Å². The van der Waals surface area contributed by atoms with E-state index in [1.165, 1.54) is 0 Å². The van der Waals surface area contributed by atoms with Crippen LogP contribution in [-0.2, 0) is 6.54 Å². The zero-order valence-corrected chi connectivity index (χ0v) is 10.6. The quantitative estimate of drug-likeness (QED) is 0.825. The van der Waals surface area contributed by atoms with Crippen molar-refractivity contribution in [2.75, 3.05) is 6.54 Å². The largest absolute Gasteiger partial charge is 0.350 e. The molecule has 0 spiro atoms. The summed E-state index contributed by atoms with van der Waals surface area (Å²) in [6.45, 7) is 4.98. The number of benzene rings is 1. The van der Waals surface area contributed by atoms with Crippen LogP contribution in [0.25, 0.3) is 11.0 Å². The third-order valence-electron chi connectivity index (χ3n) is 2.54. The van der Waals surface area contributed by atoms with Crippen LogP contribution in [0.1, 0.15) is 24.2 Å². The summed E-state index contributed by atoms with van der Waals surface area (Å²) >= 11 is 0. The Bertz CT molecular complexity index is 561. The van der Waals surface area contributed by atoms with Gasteiger partial charge in [0.15, 0.2) is 0 Å². The number of aromatic nitrogens is 3. The van der Waals surface area contributed by atoms with Crippen LogP contribution < -0.4 is 11.1 Å². The van der Waals surface area contributed by atoms with Crippen molar-refractivity contribution in [3.8, 4) is 0 Å². The standard InChI is InChI=1S/C12H17N5O/c1-8(2)14-12(18)9-3-4-11-10(7-9)15-16-17(11)6-5-13/h3-4,7-8H,5-6,13H2,1-2H3,(H,14,18).